The van der Waals surface area contributed by atoms with E-state index in [0.29, 0.717) is 13.1 Å². The van der Waals surface area contributed by atoms with Gasteiger partial charge in [-0.05, 0) is 14.1 Å². The number of hydrogen-bond acceptors (Lipinski definition) is 3. The molecule has 0 aliphatic heterocycles. The zero-order valence-corrected chi connectivity index (χ0v) is 12.7. The summed E-state index contributed by atoms with van der Waals surface area (Å²) in [6.07, 6.45) is 2.56. The minimum atomic E-state index is -2.32. The number of nitrogens with one attached hydrogen (secondary N) is 1. The minimum Gasteiger partial charge on any atom is -0.319 e. The highest BCUT2D eigenvalue weighted by atomic mass is 19.2. The number of nitrogens with zero attached hydrogens (tertiary/aromatic N) is 3. The van der Waals surface area contributed by atoms with Crippen molar-refractivity contribution in [3.05, 3.63) is 47.0 Å². The third-order valence-electron chi connectivity index (χ3n) is 3.10. The predicted octanol–water partition coefficient (Wildman–Crippen LogP) is 2.39. The number of carbonyl (C=O) groups excluding carboxylic acids is 1. The Bertz CT molecular complexity index is 746. The number of benzene rings is 1. The first-order valence-electron chi connectivity index (χ1n) is 6.72. The summed E-state index contributed by atoms with van der Waals surface area (Å²) >= 11 is 0. The SMILES string of the molecule is CN(C)CCn1cc(NC(=O)c2c(F)c(F)c(F)c(F)c2F)cn1. The van der Waals surface area contributed by atoms with Gasteiger partial charge in [-0.3, -0.25) is 9.48 Å². The summed E-state index contributed by atoms with van der Waals surface area (Å²) in [5.41, 5.74) is -1.49. The molecule has 2 rings (SSSR count). The average Bonchev–Trinajstić information content (AvgIpc) is 2.96. The van der Waals surface area contributed by atoms with Crippen molar-refractivity contribution in [3.8, 4) is 0 Å². The summed E-state index contributed by atoms with van der Waals surface area (Å²) in [5, 5.41) is 5.96. The van der Waals surface area contributed by atoms with Crippen LogP contribution in [0.3, 0.4) is 0 Å². The maximum absolute atomic E-state index is 13.6. The van der Waals surface area contributed by atoms with Crippen LogP contribution in [0.5, 0.6) is 0 Å². The molecular weight excluding hydrogens is 335 g/mol. The van der Waals surface area contributed by atoms with Crippen LogP contribution in [0, 0.1) is 29.1 Å². The van der Waals surface area contributed by atoms with Crippen LogP contribution in [0.1, 0.15) is 10.4 Å². The van der Waals surface area contributed by atoms with E-state index >= 15 is 0 Å². The van der Waals surface area contributed by atoms with Gasteiger partial charge in [-0.15, -0.1) is 0 Å². The quantitative estimate of drug-likeness (QED) is 0.513. The molecule has 1 aromatic carbocycles. The number of hydrogen-bond donors (Lipinski definition) is 1. The fourth-order valence-corrected chi connectivity index (χ4v) is 1.85. The second-order valence-electron chi connectivity index (χ2n) is 5.19. The molecule has 0 radical (unpaired) electrons. The summed E-state index contributed by atoms with van der Waals surface area (Å²) in [6, 6.07) is 0. The van der Waals surface area contributed by atoms with Crippen molar-refractivity contribution in [1.82, 2.24) is 14.7 Å². The maximum atomic E-state index is 13.6. The highest BCUT2D eigenvalue weighted by Crippen LogP contribution is 2.23. The van der Waals surface area contributed by atoms with Crippen molar-refractivity contribution in [2.45, 2.75) is 6.54 Å². The summed E-state index contributed by atoms with van der Waals surface area (Å²) in [7, 11) is 3.69. The molecule has 1 N–H and O–H groups in total. The van der Waals surface area contributed by atoms with Crippen LogP contribution < -0.4 is 5.32 Å². The fraction of sp³-hybridized carbons (Fsp3) is 0.286. The van der Waals surface area contributed by atoms with Crippen molar-refractivity contribution in [3.63, 3.8) is 0 Å². The van der Waals surface area contributed by atoms with Crippen molar-refractivity contribution in [2.75, 3.05) is 26.0 Å². The van der Waals surface area contributed by atoms with E-state index < -0.39 is 40.6 Å². The lowest BCUT2D eigenvalue weighted by molar-refractivity contribution is 0.101. The van der Waals surface area contributed by atoms with Crippen LogP contribution in [-0.2, 0) is 6.54 Å². The van der Waals surface area contributed by atoms with E-state index in [1.165, 1.54) is 17.1 Å². The van der Waals surface area contributed by atoms with Gasteiger partial charge in [0.25, 0.3) is 5.91 Å². The smallest absolute Gasteiger partial charge is 0.261 e. The Morgan fingerprint density at radius 1 is 1.08 bits per heavy atom. The van der Waals surface area contributed by atoms with Crippen molar-refractivity contribution < 1.29 is 26.7 Å². The number of anilines is 1. The molecule has 0 saturated carbocycles. The normalized spacial score (nSPS) is 11.2. The molecule has 0 saturated heterocycles. The molecule has 0 atom stereocenters. The molecule has 5 nitrogen and oxygen atoms in total. The zero-order valence-electron chi connectivity index (χ0n) is 12.7. The largest absolute Gasteiger partial charge is 0.319 e. The lowest BCUT2D eigenvalue weighted by Gasteiger charge is -2.09. The number of amides is 1. The predicted molar refractivity (Wildman–Crippen MR) is 75.0 cm³/mol. The lowest BCUT2D eigenvalue weighted by atomic mass is 10.1. The van der Waals surface area contributed by atoms with Gasteiger partial charge in [0.1, 0.15) is 5.56 Å². The Hall–Kier alpha value is -2.49. The molecule has 24 heavy (non-hydrogen) atoms. The third kappa shape index (κ3) is 3.53. The monoisotopic (exact) mass is 348 g/mol. The first kappa shape index (κ1) is 17.9. The summed E-state index contributed by atoms with van der Waals surface area (Å²) < 4.78 is 67.8. The van der Waals surface area contributed by atoms with Crippen LogP contribution >= 0.6 is 0 Å². The van der Waals surface area contributed by atoms with E-state index in [-0.39, 0.29) is 5.69 Å². The topological polar surface area (TPSA) is 50.2 Å². The molecule has 0 aliphatic rings. The van der Waals surface area contributed by atoms with Gasteiger partial charge in [0, 0.05) is 12.7 Å². The van der Waals surface area contributed by atoms with Crippen molar-refractivity contribution in [1.29, 1.82) is 0 Å². The molecule has 1 heterocycles. The highest BCUT2D eigenvalue weighted by molar-refractivity contribution is 6.04. The average molecular weight is 348 g/mol. The number of rotatable bonds is 5. The molecule has 0 fully saturated rings. The molecule has 0 bridgehead atoms. The highest BCUT2D eigenvalue weighted by Gasteiger charge is 2.29. The lowest BCUT2D eigenvalue weighted by Crippen LogP contribution is -2.19. The number of carbonyl (C=O) groups is 1. The Balaban J connectivity index is 2.22. The fourth-order valence-electron chi connectivity index (χ4n) is 1.85. The molecule has 0 aliphatic carbocycles. The van der Waals surface area contributed by atoms with Gasteiger partial charge >= 0.3 is 0 Å². The first-order chi connectivity index (χ1) is 11.2. The molecule has 1 aromatic heterocycles. The molecule has 10 heteroatoms. The van der Waals surface area contributed by atoms with Crippen LogP contribution in [0.2, 0.25) is 0 Å². The minimum absolute atomic E-state index is 0.0581. The standard InChI is InChI=1S/C14H13F5N4O/c1-22(2)3-4-23-6-7(5-20-23)21-14(24)8-9(15)11(17)13(19)12(18)10(8)16/h5-6H,3-4H2,1-2H3,(H,21,24). The number of likely N-dealkylation sites (N-methyl/N-ethyl adjacent to an activating group) is 1. The Morgan fingerprint density at radius 2 is 1.62 bits per heavy atom. The second-order valence-corrected chi connectivity index (χ2v) is 5.19. The van der Waals surface area contributed by atoms with Gasteiger partial charge in [0.2, 0.25) is 5.82 Å². The van der Waals surface area contributed by atoms with Crippen molar-refractivity contribution >= 4 is 11.6 Å². The van der Waals surface area contributed by atoms with Crippen LogP contribution in [0.4, 0.5) is 27.6 Å². The molecule has 2 aromatic rings. The van der Waals surface area contributed by atoms with Crippen LogP contribution in [0.15, 0.2) is 12.4 Å². The van der Waals surface area contributed by atoms with Crippen molar-refractivity contribution in [2.24, 2.45) is 0 Å². The summed E-state index contributed by atoms with van der Waals surface area (Å²) in [5.74, 6) is -12.5. The maximum Gasteiger partial charge on any atom is 0.261 e. The Kier molecular flexibility index (Phi) is 5.17. The van der Waals surface area contributed by atoms with E-state index in [4.69, 9.17) is 0 Å². The van der Waals surface area contributed by atoms with Gasteiger partial charge in [-0.1, -0.05) is 0 Å². The zero-order chi connectivity index (χ0) is 18.0. The summed E-state index contributed by atoms with van der Waals surface area (Å²) in [4.78, 5) is 13.7. The van der Waals surface area contributed by atoms with E-state index in [1.54, 1.807) is 0 Å². The number of aromatic nitrogens is 2. The second kappa shape index (κ2) is 6.95. The van der Waals surface area contributed by atoms with E-state index in [2.05, 4.69) is 10.4 Å². The molecule has 0 spiro atoms. The Labute approximate surface area is 133 Å². The molecule has 0 unspecified atom stereocenters. The molecular formula is C14H13F5N4O. The molecule has 1 amide bonds. The van der Waals surface area contributed by atoms with Crippen LogP contribution in [0.25, 0.3) is 0 Å². The van der Waals surface area contributed by atoms with Gasteiger partial charge < -0.3 is 10.2 Å². The Morgan fingerprint density at radius 3 is 2.17 bits per heavy atom. The summed E-state index contributed by atoms with van der Waals surface area (Å²) in [6.45, 7) is 1.12. The van der Waals surface area contributed by atoms with Crippen LogP contribution in [-0.4, -0.2) is 41.2 Å². The van der Waals surface area contributed by atoms with Gasteiger partial charge in [-0.25, -0.2) is 22.0 Å². The van der Waals surface area contributed by atoms with E-state index in [0.717, 1.165) is 0 Å². The third-order valence-corrected chi connectivity index (χ3v) is 3.10. The van der Waals surface area contributed by atoms with Gasteiger partial charge in [-0.2, -0.15) is 5.10 Å². The van der Waals surface area contributed by atoms with Gasteiger partial charge in [0.15, 0.2) is 23.3 Å². The first-order valence-corrected chi connectivity index (χ1v) is 6.72. The van der Waals surface area contributed by atoms with E-state index in [9.17, 15) is 26.7 Å². The number of halogens is 5. The van der Waals surface area contributed by atoms with Gasteiger partial charge in [0.05, 0.1) is 18.4 Å². The molecule has 130 valence electrons. The van der Waals surface area contributed by atoms with E-state index in [1.807, 2.05) is 19.0 Å².